The molecule has 23 rings (SSSR count). The molecular formula is C88H53N5O2. The Morgan fingerprint density at radius 1 is 0.242 bits per heavy atom. The first kappa shape index (κ1) is 50.3. The molecule has 0 saturated carbocycles. The molecule has 23 aromatic rings. The monoisotopic (exact) mass is 1210 g/mol. The summed E-state index contributed by atoms with van der Waals surface area (Å²) in [7, 11) is 0. The maximum atomic E-state index is 7.32. The van der Waals surface area contributed by atoms with Crippen molar-refractivity contribution < 1.29 is 8.83 Å². The van der Waals surface area contributed by atoms with Crippen molar-refractivity contribution in [3.8, 4) is 28.2 Å². The van der Waals surface area contributed by atoms with E-state index in [0.717, 1.165) is 93.9 Å². The number of furan rings is 2. The number of hydrogen-bond acceptors (Lipinski definition) is 2. The first-order valence-corrected chi connectivity index (χ1v) is 33.0. The largest absolute Gasteiger partial charge is 0.456 e. The second-order valence-electron chi connectivity index (χ2n) is 27.5. The Kier molecular flexibility index (Phi) is 9.23. The molecule has 7 nitrogen and oxygen atoms in total. The SMILES string of the molecule is CC(C)(C)c1cc2c3cc4c(cc3n3c5cc6c7ccccc7n(-c7cccc(-c8ccc9c(c8)oc8c9ccc9c8c8cc%10oc%11ccccc%11c%10c%10c%11c%12c(ccc%11n9c8%10)c8ccccc8n%12-c8ccccc8)c7)c6cc5c(c1)c23)c1ccccc1n4-c1ccccc1. The number of rotatable bonds is 4. The van der Waals surface area contributed by atoms with Gasteiger partial charge in [0.25, 0.3) is 0 Å². The molecule has 0 aliphatic carbocycles. The van der Waals surface area contributed by atoms with Gasteiger partial charge in [0, 0.05) is 109 Å². The second-order valence-corrected chi connectivity index (χ2v) is 27.5. The second kappa shape index (κ2) is 17.4. The van der Waals surface area contributed by atoms with Crippen LogP contribution < -0.4 is 0 Å². The zero-order chi connectivity index (χ0) is 62.0. The van der Waals surface area contributed by atoms with Crippen LogP contribution in [0.2, 0.25) is 0 Å². The Morgan fingerprint density at radius 2 is 0.758 bits per heavy atom. The fourth-order valence-corrected chi connectivity index (χ4v) is 17.6. The van der Waals surface area contributed by atoms with Gasteiger partial charge < -0.3 is 31.3 Å². The minimum atomic E-state index is -0.0863. The molecule has 0 atom stereocenters. The van der Waals surface area contributed by atoms with E-state index in [2.05, 4.69) is 310 Å². The Labute approximate surface area is 540 Å². The Hall–Kier alpha value is -12.3. The van der Waals surface area contributed by atoms with Crippen LogP contribution in [0.4, 0.5) is 0 Å². The predicted molar refractivity (Wildman–Crippen MR) is 397 cm³/mol. The summed E-state index contributed by atoms with van der Waals surface area (Å²) < 4.78 is 26.7. The molecular weight excluding hydrogens is 1160 g/mol. The molecule has 0 saturated heterocycles. The van der Waals surface area contributed by atoms with Gasteiger partial charge in [0.05, 0.1) is 71.6 Å². The highest BCUT2D eigenvalue weighted by Gasteiger charge is 2.30. The highest BCUT2D eigenvalue weighted by Crippen LogP contribution is 2.53. The lowest BCUT2D eigenvalue weighted by Gasteiger charge is -2.19. The minimum absolute atomic E-state index is 0.0863. The number of hydrogen-bond donors (Lipinski definition) is 0. The van der Waals surface area contributed by atoms with E-state index >= 15 is 0 Å². The number of fused-ring (bicyclic) bond motifs is 30. The number of para-hydroxylation sites is 6. The Bertz CT molecular complexity index is 7360. The summed E-state index contributed by atoms with van der Waals surface area (Å²) >= 11 is 0. The summed E-state index contributed by atoms with van der Waals surface area (Å²) in [5.74, 6) is 0. The van der Waals surface area contributed by atoms with Crippen LogP contribution in [0.3, 0.4) is 0 Å². The van der Waals surface area contributed by atoms with Gasteiger partial charge in [-0.3, -0.25) is 0 Å². The topological polar surface area (TPSA) is 49.9 Å². The van der Waals surface area contributed by atoms with E-state index in [9.17, 15) is 0 Å². The molecule has 0 N–H and O–H groups in total. The first-order valence-electron chi connectivity index (χ1n) is 33.0. The maximum absolute atomic E-state index is 7.32. The molecule has 0 amide bonds. The highest BCUT2D eigenvalue weighted by atomic mass is 16.3. The van der Waals surface area contributed by atoms with Crippen LogP contribution in [-0.4, -0.2) is 22.5 Å². The van der Waals surface area contributed by atoms with Crippen molar-refractivity contribution >= 4 is 185 Å². The van der Waals surface area contributed by atoms with Crippen LogP contribution in [0.5, 0.6) is 0 Å². The van der Waals surface area contributed by atoms with E-state index in [-0.39, 0.29) is 5.41 Å². The molecule has 0 radical (unpaired) electrons. The maximum Gasteiger partial charge on any atom is 0.145 e. The third kappa shape index (κ3) is 6.31. The van der Waals surface area contributed by atoms with Crippen molar-refractivity contribution in [2.45, 2.75) is 26.2 Å². The summed E-state index contributed by atoms with van der Waals surface area (Å²) in [5.41, 5.74) is 24.6. The van der Waals surface area contributed by atoms with E-state index in [0.29, 0.717) is 0 Å². The fourth-order valence-electron chi connectivity index (χ4n) is 17.6. The standard InChI is InChI=1S/C88H53N5O2/c1-88(2,3)50-41-65-63-45-73-61(55-26-11-14-29-68(55)89(73)51-20-6-4-7-21-51)43-75(63)93-76-44-62-56-27-12-15-30-69(56)90(74(62)46-64(76)66(42-50)84(65)93)53-24-18-19-48(39-53)49-33-34-57-59-36-38-71-80(87(59)95-78(57)40-49)67-47-79-81(60-28-13-17-32-77(60)94-79)83-82-72(92(71)86(67)83)37-35-58-54-25-10-16-31-70(54)91(85(58)82)52-22-8-5-9-23-52/h4-47H,1-3H3. The molecule has 0 fully saturated rings. The van der Waals surface area contributed by atoms with Gasteiger partial charge in [0.1, 0.15) is 22.3 Å². The summed E-state index contributed by atoms with van der Waals surface area (Å²) in [4.78, 5) is 0. The van der Waals surface area contributed by atoms with Crippen molar-refractivity contribution in [3.05, 3.63) is 272 Å². The normalized spacial score (nSPS) is 13.0. The van der Waals surface area contributed by atoms with Crippen LogP contribution in [0.1, 0.15) is 26.3 Å². The number of benzene rings is 14. The molecule has 0 spiro atoms. The van der Waals surface area contributed by atoms with Crippen LogP contribution in [-0.2, 0) is 5.41 Å². The van der Waals surface area contributed by atoms with Crippen molar-refractivity contribution in [3.63, 3.8) is 0 Å². The lowest BCUT2D eigenvalue weighted by atomic mass is 9.85. The van der Waals surface area contributed by atoms with Gasteiger partial charge in [-0.1, -0.05) is 154 Å². The molecule has 7 heteroatoms. The van der Waals surface area contributed by atoms with E-state index in [1.165, 1.54) is 125 Å². The van der Waals surface area contributed by atoms with Gasteiger partial charge in [-0.15, -0.1) is 0 Å². The van der Waals surface area contributed by atoms with E-state index in [4.69, 9.17) is 8.83 Å². The van der Waals surface area contributed by atoms with Crippen LogP contribution >= 0.6 is 0 Å². The fraction of sp³-hybridized carbons (Fsp3) is 0.0455. The molecule has 0 aliphatic heterocycles. The van der Waals surface area contributed by atoms with Gasteiger partial charge in [-0.05, 0) is 156 Å². The van der Waals surface area contributed by atoms with E-state index in [1.54, 1.807) is 0 Å². The Balaban J connectivity index is 0.722. The molecule has 0 unspecified atom stereocenters. The molecule has 9 heterocycles. The van der Waals surface area contributed by atoms with E-state index < -0.39 is 0 Å². The predicted octanol–water partition coefficient (Wildman–Crippen LogP) is 24.0. The third-order valence-corrected chi connectivity index (χ3v) is 21.6. The highest BCUT2D eigenvalue weighted by molar-refractivity contribution is 6.41. The van der Waals surface area contributed by atoms with Crippen LogP contribution in [0.15, 0.2) is 276 Å². The number of aromatic nitrogens is 5. The third-order valence-electron chi connectivity index (χ3n) is 21.6. The summed E-state index contributed by atoms with van der Waals surface area (Å²) in [6, 6.07) is 99.1. The number of nitrogens with zero attached hydrogens (tertiary/aromatic N) is 5. The lowest BCUT2D eigenvalue weighted by Crippen LogP contribution is -2.10. The summed E-state index contributed by atoms with van der Waals surface area (Å²) in [6.45, 7) is 7.03. The van der Waals surface area contributed by atoms with Gasteiger partial charge >= 0.3 is 0 Å². The first-order chi connectivity index (χ1) is 46.8. The van der Waals surface area contributed by atoms with Gasteiger partial charge in [-0.2, -0.15) is 0 Å². The summed E-state index contributed by atoms with van der Waals surface area (Å²) in [6.07, 6.45) is 0. The average Bonchev–Trinajstić information content (AvgIpc) is 1.50. The van der Waals surface area contributed by atoms with Crippen molar-refractivity contribution in [1.82, 2.24) is 22.5 Å². The molecule has 0 aliphatic rings. The van der Waals surface area contributed by atoms with Crippen molar-refractivity contribution in [2.75, 3.05) is 0 Å². The van der Waals surface area contributed by atoms with Gasteiger partial charge in [0.2, 0.25) is 0 Å². The van der Waals surface area contributed by atoms with Gasteiger partial charge in [0.15, 0.2) is 0 Å². The van der Waals surface area contributed by atoms with Crippen molar-refractivity contribution in [2.24, 2.45) is 0 Å². The van der Waals surface area contributed by atoms with Crippen molar-refractivity contribution in [1.29, 1.82) is 0 Å². The lowest BCUT2D eigenvalue weighted by molar-refractivity contribution is 0.592. The molecule has 442 valence electrons. The zero-order valence-corrected chi connectivity index (χ0v) is 52.0. The Morgan fingerprint density at radius 3 is 1.43 bits per heavy atom. The van der Waals surface area contributed by atoms with Gasteiger partial charge in [-0.25, -0.2) is 0 Å². The molecule has 9 aromatic heterocycles. The average molecular weight is 1210 g/mol. The summed E-state index contributed by atoms with van der Waals surface area (Å²) in [5, 5.41) is 21.5. The minimum Gasteiger partial charge on any atom is -0.456 e. The molecule has 0 bridgehead atoms. The smallest absolute Gasteiger partial charge is 0.145 e. The van der Waals surface area contributed by atoms with E-state index in [1.807, 2.05) is 0 Å². The quantitative estimate of drug-likeness (QED) is 0.176. The molecule has 14 aromatic carbocycles. The van der Waals surface area contributed by atoms with Crippen LogP contribution in [0, 0.1) is 0 Å². The molecule has 95 heavy (non-hydrogen) atoms. The zero-order valence-electron chi connectivity index (χ0n) is 52.0. The van der Waals surface area contributed by atoms with Crippen LogP contribution in [0.25, 0.3) is 214 Å².